The SMILES string of the molecule is CCCC(O)CNC1CCOC2(CCOCC2)C1. The zero-order valence-electron chi connectivity index (χ0n) is 11.5. The molecule has 2 aliphatic rings. The Morgan fingerprint density at radius 2 is 2.11 bits per heavy atom. The molecule has 2 heterocycles. The average molecular weight is 257 g/mol. The minimum Gasteiger partial charge on any atom is -0.392 e. The molecule has 2 rings (SSSR count). The fourth-order valence-corrected chi connectivity index (χ4v) is 3.03. The van der Waals surface area contributed by atoms with Crippen molar-refractivity contribution in [2.24, 2.45) is 0 Å². The van der Waals surface area contributed by atoms with Crippen LogP contribution in [-0.2, 0) is 9.47 Å². The van der Waals surface area contributed by atoms with Crippen molar-refractivity contribution in [2.75, 3.05) is 26.4 Å². The van der Waals surface area contributed by atoms with Crippen LogP contribution in [0.3, 0.4) is 0 Å². The Labute approximate surface area is 110 Å². The maximum atomic E-state index is 9.77. The predicted molar refractivity (Wildman–Crippen MR) is 70.7 cm³/mol. The third-order valence-electron chi connectivity index (χ3n) is 4.16. The second kappa shape index (κ2) is 6.85. The van der Waals surface area contributed by atoms with Crippen molar-refractivity contribution in [3.05, 3.63) is 0 Å². The lowest BCUT2D eigenvalue weighted by atomic mass is 9.84. The molecule has 2 saturated heterocycles. The molecule has 2 atom stereocenters. The van der Waals surface area contributed by atoms with Crippen molar-refractivity contribution in [3.8, 4) is 0 Å². The molecule has 0 aromatic rings. The van der Waals surface area contributed by atoms with E-state index in [-0.39, 0.29) is 11.7 Å². The van der Waals surface area contributed by atoms with Crippen molar-refractivity contribution in [1.82, 2.24) is 5.32 Å². The summed E-state index contributed by atoms with van der Waals surface area (Å²) in [6.45, 7) is 5.30. The molecule has 106 valence electrons. The third kappa shape index (κ3) is 3.92. The first kappa shape index (κ1) is 14.3. The van der Waals surface area contributed by atoms with Gasteiger partial charge in [-0.1, -0.05) is 13.3 Å². The molecule has 2 aliphatic heterocycles. The highest BCUT2D eigenvalue weighted by atomic mass is 16.5. The van der Waals surface area contributed by atoms with Gasteiger partial charge in [0.25, 0.3) is 0 Å². The summed E-state index contributed by atoms with van der Waals surface area (Å²) in [4.78, 5) is 0. The van der Waals surface area contributed by atoms with Crippen molar-refractivity contribution in [3.63, 3.8) is 0 Å². The van der Waals surface area contributed by atoms with E-state index < -0.39 is 0 Å². The molecule has 2 N–H and O–H groups in total. The molecule has 0 amide bonds. The van der Waals surface area contributed by atoms with Gasteiger partial charge < -0.3 is 19.9 Å². The minimum absolute atomic E-state index is 0.0455. The van der Waals surface area contributed by atoms with E-state index >= 15 is 0 Å². The highest BCUT2D eigenvalue weighted by Crippen LogP contribution is 2.34. The molecule has 2 fully saturated rings. The maximum Gasteiger partial charge on any atom is 0.0741 e. The van der Waals surface area contributed by atoms with Gasteiger partial charge in [-0.3, -0.25) is 0 Å². The van der Waals surface area contributed by atoms with Crippen LogP contribution in [0.4, 0.5) is 0 Å². The first-order valence-corrected chi connectivity index (χ1v) is 7.37. The Morgan fingerprint density at radius 3 is 2.83 bits per heavy atom. The molecule has 1 spiro atoms. The Bertz CT molecular complexity index is 236. The van der Waals surface area contributed by atoms with Gasteiger partial charge in [-0.2, -0.15) is 0 Å². The van der Waals surface area contributed by atoms with Crippen LogP contribution in [0.15, 0.2) is 0 Å². The first-order valence-electron chi connectivity index (χ1n) is 7.37. The Kier molecular flexibility index (Phi) is 5.42. The van der Waals surface area contributed by atoms with E-state index in [9.17, 15) is 5.11 Å². The van der Waals surface area contributed by atoms with Gasteiger partial charge in [-0.25, -0.2) is 0 Å². The largest absolute Gasteiger partial charge is 0.392 e. The number of nitrogens with one attached hydrogen (secondary N) is 1. The fraction of sp³-hybridized carbons (Fsp3) is 1.00. The van der Waals surface area contributed by atoms with Gasteiger partial charge in [0.2, 0.25) is 0 Å². The van der Waals surface area contributed by atoms with Gasteiger partial charge in [0.1, 0.15) is 0 Å². The monoisotopic (exact) mass is 257 g/mol. The van der Waals surface area contributed by atoms with Crippen LogP contribution in [0.1, 0.15) is 45.4 Å². The number of ether oxygens (including phenoxy) is 2. The summed E-state index contributed by atoms with van der Waals surface area (Å²) < 4.78 is 11.4. The summed E-state index contributed by atoms with van der Waals surface area (Å²) in [5, 5.41) is 13.3. The number of aliphatic hydroxyl groups excluding tert-OH is 1. The lowest BCUT2D eigenvalue weighted by molar-refractivity contribution is -0.140. The molecule has 4 heteroatoms. The van der Waals surface area contributed by atoms with Crippen LogP contribution in [0.25, 0.3) is 0 Å². The number of hydrogen-bond acceptors (Lipinski definition) is 4. The zero-order chi connectivity index (χ0) is 12.8. The van der Waals surface area contributed by atoms with Crippen LogP contribution in [0.2, 0.25) is 0 Å². The van der Waals surface area contributed by atoms with Crippen molar-refractivity contribution >= 4 is 0 Å². The first-order chi connectivity index (χ1) is 8.74. The molecule has 2 unspecified atom stereocenters. The molecule has 0 saturated carbocycles. The molecular formula is C14H27NO3. The standard InChI is InChI=1S/C14H27NO3/c1-2-3-13(16)11-15-12-4-7-18-14(10-12)5-8-17-9-6-14/h12-13,15-16H,2-11H2,1H3. The summed E-state index contributed by atoms with van der Waals surface area (Å²) in [5.74, 6) is 0. The average Bonchev–Trinajstić information content (AvgIpc) is 2.38. The third-order valence-corrected chi connectivity index (χ3v) is 4.16. The quantitative estimate of drug-likeness (QED) is 0.783. The van der Waals surface area contributed by atoms with Crippen LogP contribution < -0.4 is 5.32 Å². The summed E-state index contributed by atoms with van der Waals surface area (Å²) in [6.07, 6.45) is 5.87. The summed E-state index contributed by atoms with van der Waals surface area (Å²) >= 11 is 0. The van der Waals surface area contributed by atoms with Gasteiger partial charge in [0.15, 0.2) is 0 Å². The molecule has 0 aromatic heterocycles. The topological polar surface area (TPSA) is 50.7 Å². The molecule has 4 nitrogen and oxygen atoms in total. The molecule has 18 heavy (non-hydrogen) atoms. The highest BCUT2D eigenvalue weighted by molar-refractivity contribution is 4.91. The summed E-state index contributed by atoms with van der Waals surface area (Å²) in [5.41, 5.74) is 0.0455. The second-order valence-corrected chi connectivity index (χ2v) is 5.68. The number of aliphatic hydroxyl groups is 1. The smallest absolute Gasteiger partial charge is 0.0741 e. The van der Waals surface area contributed by atoms with E-state index in [1.165, 1.54) is 0 Å². The van der Waals surface area contributed by atoms with Crippen LogP contribution in [0, 0.1) is 0 Å². The summed E-state index contributed by atoms with van der Waals surface area (Å²) in [7, 11) is 0. The lowest BCUT2D eigenvalue weighted by Crippen LogP contribution is -2.50. The van der Waals surface area contributed by atoms with Crippen LogP contribution >= 0.6 is 0 Å². The van der Waals surface area contributed by atoms with E-state index in [4.69, 9.17) is 9.47 Å². The molecular weight excluding hydrogens is 230 g/mol. The maximum absolute atomic E-state index is 9.77. The summed E-state index contributed by atoms with van der Waals surface area (Å²) in [6, 6.07) is 0.489. The van der Waals surface area contributed by atoms with Crippen molar-refractivity contribution in [2.45, 2.75) is 63.2 Å². The van der Waals surface area contributed by atoms with Crippen molar-refractivity contribution < 1.29 is 14.6 Å². The van der Waals surface area contributed by atoms with E-state index in [0.717, 1.165) is 58.3 Å². The van der Waals surface area contributed by atoms with E-state index in [1.807, 2.05) is 0 Å². The second-order valence-electron chi connectivity index (χ2n) is 5.68. The predicted octanol–water partition coefficient (Wildman–Crippen LogP) is 1.47. The van der Waals surface area contributed by atoms with Gasteiger partial charge in [0.05, 0.1) is 11.7 Å². The zero-order valence-corrected chi connectivity index (χ0v) is 11.5. The van der Waals surface area contributed by atoms with Crippen LogP contribution in [0.5, 0.6) is 0 Å². The van der Waals surface area contributed by atoms with E-state index in [1.54, 1.807) is 0 Å². The fourth-order valence-electron chi connectivity index (χ4n) is 3.03. The number of rotatable bonds is 5. The Balaban J connectivity index is 1.76. The van der Waals surface area contributed by atoms with Gasteiger partial charge >= 0.3 is 0 Å². The molecule has 0 aromatic carbocycles. The van der Waals surface area contributed by atoms with Gasteiger partial charge in [-0.15, -0.1) is 0 Å². The van der Waals surface area contributed by atoms with Crippen molar-refractivity contribution in [1.29, 1.82) is 0 Å². The Hall–Kier alpha value is -0.160. The highest BCUT2D eigenvalue weighted by Gasteiger charge is 2.38. The molecule has 0 radical (unpaired) electrons. The normalized spacial score (nSPS) is 29.3. The van der Waals surface area contributed by atoms with Crippen LogP contribution in [-0.4, -0.2) is 49.2 Å². The Morgan fingerprint density at radius 1 is 1.33 bits per heavy atom. The van der Waals surface area contributed by atoms with Gasteiger partial charge in [0, 0.05) is 32.4 Å². The van der Waals surface area contributed by atoms with E-state index in [2.05, 4.69) is 12.2 Å². The van der Waals surface area contributed by atoms with Gasteiger partial charge in [-0.05, 0) is 32.1 Å². The number of hydrogen-bond donors (Lipinski definition) is 2. The molecule has 0 bridgehead atoms. The lowest BCUT2D eigenvalue weighted by Gasteiger charge is -2.43. The minimum atomic E-state index is -0.205. The van der Waals surface area contributed by atoms with E-state index in [0.29, 0.717) is 12.6 Å². The molecule has 0 aliphatic carbocycles.